The summed E-state index contributed by atoms with van der Waals surface area (Å²) in [5.41, 5.74) is 7.34. The minimum absolute atomic E-state index is 0.0485. The summed E-state index contributed by atoms with van der Waals surface area (Å²) in [5, 5.41) is 3.05. The molecule has 2 amide bonds. The van der Waals surface area contributed by atoms with Gasteiger partial charge in [-0.05, 0) is 68.7 Å². The van der Waals surface area contributed by atoms with E-state index in [1.165, 1.54) is 17.0 Å². The lowest BCUT2D eigenvalue weighted by atomic mass is 9.80. The number of halogens is 1. The molecule has 0 radical (unpaired) electrons. The lowest BCUT2D eigenvalue weighted by Crippen LogP contribution is -2.52. The number of nitrogens with zero attached hydrogens (tertiary/aromatic N) is 3. The summed E-state index contributed by atoms with van der Waals surface area (Å²) in [6.07, 6.45) is 1.65. The van der Waals surface area contributed by atoms with Gasteiger partial charge in [0.15, 0.2) is 5.96 Å². The van der Waals surface area contributed by atoms with Gasteiger partial charge in [-0.25, -0.2) is 9.38 Å². The van der Waals surface area contributed by atoms with Crippen molar-refractivity contribution in [1.82, 2.24) is 15.1 Å². The summed E-state index contributed by atoms with van der Waals surface area (Å²) in [4.78, 5) is 34.3. The molecule has 1 heterocycles. The van der Waals surface area contributed by atoms with Crippen LogP contribution in [0.4, 0.5) is 4.39 Å². The molecule has 0 aliphatic carbocycles. The Balaban J connectivity index is 1.81. The van der Waals surface area contributed by atoms with Crippen molar-refractivity contribution in [2.24, 2.45) is 16.6 Å². The summed E-state index contributed by atoms with van der Waals surface area (Å²) >= 11 is 0. The van der Waals surface area contributed by atoms with Crippen LogP contribution in [-0.2, 0) is 11.3 Å². The van der Waals surface area contributed by atoms with Crippen LogP contribution in [0.5, 0.6) is 0 Å². The van der Waals surface area contributed by atoms with Crippen molar-refractivity contribution in [3.05, 3.63) is 71.0 Å². The number of nitrogens with two attached hydrogens (primary N) is 1. The molecular weight excluding hydrogens is 457 g/mol. The highest BCUT2D eigenvalue weighted by Crippen LogP contribution is 2.34. The number of amides is 2. The molecule has 3 rings (SSSR count). The Morgan fingerprint density at radius 3 is 2.50 bits per heavy atom. The number of carbonyl (C=O) groups is 2. The zero-order valence-electron chi connectivity index (χ0n) is 21.9. The van der Waals surface area contributed by atoms with Crippen LogP contribution in [-0.4, -0.2) is 53.8 Å². The first-order chi connectivity index (χ1) is 17.0. The Hall–Kier alpha value is -3.26. The van der Waals surface area contributed by atoms with E-state index in [1.54, 1.807) is 6.07 Å². The van der Waals surface area contributed by atoms with Crippen molar-refractivity contribution >= 4 is 17.8 Å². The molecule has 0 bridgehead atoms. The van der Waals surface area contributed by atoms with E-state index in [-0.39, 0.29) is 48.3 Å². The molecule has 7 nitrogen and oxygen atoms in total. The second-order valence-electron chi connectivity index (χ2n) is 10.1. The van der Waals surface area contributed by atoms with E-state index < -0.39 is 11.4 Å². The minimum atomic E-state index is -0.549. The normalized spacial score (nSPS) is 18.9. The van der Waals surface area contributed by atoms with Crippen molar-refractivity contribution in [2.75, 3.05) is 20.6 Å². The summed E-state index contributed by atoms with van der Waals surface area (Å²) in [6, 6.07) is 13.6. The first-order valence-corrected chi connectivity index (χ1v) is 12.5. The molecule has 0 saturated carbocycles. The Labute approximate surface area is 213 Å². The van der Waals surface area contributed by atoms with Gasteiger partial charge in [-0.2, -0.15) is 0 Å². The Morgan fingerprint density at radius 1 is 1.22 bits per heavy atom. The van der Waals surface area contributed by atoms with Gasteiger partial charge in [-0.15, -0.1) is 0 Å². The predicted octanol–water partition coefficient (Wildman–Crippen LogP) is 4.10. The van der Waals surface area contributed by atoms with Gasteiger partial charge in [0.25, 0.3) is 5.91 Å². The molecule has 8 heteroatoms. The van der Waals surface area contributed by atoms with Crippen LogP contribution in [0.1, 0.15) is 67.6 Å². The highest BCUT2D eigenvalue weighted by atomic mass is 19.1. The molecule has 1 aliphatic heterocycles. The van der Waals surface area contributed by atoms with Gasteiger partial charge in [-0.1, -0.05) is 51.1 Å². The number of carbonyl (C=O) groups excluding carboxylic acids is 2. The maximum Gasteiger partial charge on any atom is 0.251 e. The summed E-state index contributed by atoms with van der Waals surface area (Å²) < 4.78 is 14.6. The van der Waals surface area contributed by atoms with Crippen LogP contribution in [0.2, 0.25) is 0 Å². The molecule has 1 aliphatic rings. The molecule has 0 fully saturated rings. The molecule has 0 saturated heterocycles. The average Bonchev–Trinajstić information content (AvgIpc) is 2.83. The molecule has 3 N–H and O–H groups in total. The van der Waals surface area contributed by atoms with Crippen LogP contribution in [0.15, 0.2) is 53.5 Å². The highest BCUT2D eigenvalue weighted by Gasteiger charge is 2.40. The molecule has 2 atom stereocenters. The highest BCUT2D eigenvalue weighted by molar-refractivity contribution is 5.99. The Kier molecular flexibility index (Phi) is 8.84. The van der Waals surface area contributed by atoms with Crippen LogP contribution in [0, 0.1) is 11.7 Å². The zero-order chi connectivity index (χ0) is 26.5. The van der Waals surface area contributed by atoms with Crippen molar-refractivity contribution in [2.45, 2.75) is 58.2 Å². The van der Waals surface area contributed by atoms with E-state index in [2.05, 4.69) is 15.2 Å². The number of aliphatic imine (C=N–C) groups is 1. The third kappa shape index (κ3) is 6.49. The maximum atomic E-state index is 14.6. The van der Waals surface area contributed by atoms with E-state index in [0.717, 1.165) is 12.1 Å². The van der Waals surface area contributed by atoms with Gasteiger partial charge in [0.1, 0.15) is 5.82 Å². The van der Waals surface area contributed by atoms with Crippen LogP contribution in [0.3, 0.4) is 0 Å². The lowest BCUT2D eigenvalue weighted by molar-refractivity contribution is -0.130. The molecular formula is C28H38FN5O2. The fourth-order valence-corrected chi connectivity index (χ4v) is 4.62. The fraction of sp³-hybridized carbons (Fsp3) is 0.464. The van der Waals surface area contributed by atoms with Gasteiger partial charge in [0.05, 0.1) is 24.5 Å². The van der Waals surface area contributed by atoms with E-state index >= 15 is 0 Å². The number of guanidine groups is 1. The van der Waals surface area contributed by atoms with Gasteiger partial charge in [-0.3, -0.25) is 14.5 Å². The SMILES string of the molecule is CC[C@@]1(C(C)C)CC(=O)N(Cc2cc(F)cc(C(=O)NC(CCN(C)C)c3ccccc3)c2)C(N)=N1. The zero-order valence-corrected chi connectivity index (χ0v) is 21.9. The standard InChI is InChI=1S/C28H38FN5O2/c1-6-28(19(2)3)17-25(35)34(27(30)32-28)18-20-14-22(16-23(29)15-20)26(36)31-24(12-13-33(4)5)21-10-8-7-9-11-21/h7-11,14-16,19,24H,6,12-13,17-18H2,1-5H3,(H2,30,32)(H,31,36)/t24?,28-/m0/s1. The van der Waals surface area contributed by atoms with E-state index in [9.17, 15) is 14.0 Å². The molecule has 194 valence electrons. The van der Waals surface area contributed by atoms with Gasteiger partial charge in [0.2, 0.25) is 5.91 Å². The number of rotatable bonds is 10. The summed E-state index contributed by atoms with van der Waals surface area (Å²) in [6.45, 7) is 6.88. The minimum Gasteiger partial charge on any atom is -0.369 e. The first kappa shape index (κ1) is 27.3. The molecule has 0 aromatic heterocycles. The monoisotopic (exact) mass is 495 g/mol. The van der Waals surface area contributed by atoms with E-state index in [4.69, 9.17) is 5.73 Å². The summed E-state index contributed by atoms with van der Waals surface area (Å²) in [5.74, 6) is -0.792. The van der Waals surface area contributed by atoms with Gasteiger partial charge >= 0.3 is 0 Å². The number of nitrogens with one attached hydrogen (secondary N) is 1. The molecule has 1 unspecified atom stereocenters. The number of hydrogen-bond donors (Lipinski definition) is 2. The fourth-order valence-electron chi connectivity index (χ4n) is 4.62. The van der Waals surface area contributed by atoms with Crippen LogP contribution < -0.4 is 11.1 Å². The van der Waals surface area contributed by atoms with Crippen molar-refractivity contribution < 1.29 is 14.0 Å². The third-order valence-corrected chi connectivity index (χ3v) is 6.99. The molecule has 2 aromatic rings. The second-order valence-corrected chi connectivity index (χ2v) is 10.1. The molecule has 2 aromatic carbocycles. The average molecular weight is 496 g/mol. The quantitative estimate of drug-likeness (QED) is 0.519. The Morgan fingerprint density at radius 2 is 1.92 bits per heavy atom. The topological polar surface area (TPSA) is 91.0 Å². The van der Waals surface area contributed by atoms with Crippen molar-refractivity contribution in [3.8, 4) is 0 Å². The number of hydrogen-bond acceptors (Lipinski definition) is 5. The van der Waals surface area contributed by atoms with Crippen LogP contribution >= 0.6 is 0 Å². The summed E-state index contributed by atoms with van der Waals surface area (Å²) in [7, 11) is 3.96. The predicted molar refractivity (Wildman–Crippen MR) is 141 cm³/mol. The first-order valence-electron chi connectivity index (χ1n) is 12.5. The molecule has 0 spiro atoms. The van der Waals surface area contributed by atoms with Gasteiger partial charge < -0.3 is 16.0 Å². The van der Waals surface area contributed by atoms with E-state index in [1.807, 2.05) is 65.2 Å². The van der Waals surface area contributed by atoms with E-state index in [0.29, 0.717) is 18.4 Å². The molecule has 36 heavy (non-hydrogen) atoms. The second kappa shape index (κ2) is 11.6. The van der Waals surface area contributed by atoms with Crippen LogP contribution in [0.25, 0.3) is 0 Å². The third-order valence-electron chi connectivity index (χ3n) is 6.99. The van der Waals surface area contributed by atoms with Crippen molar-refractivity contribution in [1.29, 1.82) is 0 Å². The Bertz CT molecular complexity index is 1100. The van der Waals surface area contributed by atoms with Crippen molar-refractivity contribution in [3.63, 3.8) is 0 Å². The smallest absolute Gasteiger partial charge is 0.251 e. The number of benzene rings is 2. The van der Waals surface area contributed by atoms with Gasteiger partial charge in [0, 0.05) is 5.56 Å². The largest absolute Gasteiger partial charge is 0.369 e. The maximum absolute atomic E-state index is 14.6. The lowest BCUT2D eigenvalue weighted by Gasteiger charge is -2.39.